The van der Waals surface area contributed by atoms with Crippen LogP contribution in [0.15, 0.2) is 42.0 Å². The highest BCUT2D eigenvalue weighted by Gasteiger charge is 2.66. The van der Waals surface area contributed by atoms with Crippen molar-refractivity contribution in [3.8, 4) is 0 Å². The minimum absolute atomic E-state index is 0.116. The summed E-state index contributed by atoms with van der Waals surface area (Å²) in [6, 6.07) is 8.71. The molecule has 3 heterocycles. The molecule has 2 fully saturated rings. The first-order valence-electron chi connectivity index (χ1n) is 6.74. The van der Waals surface area contributed by atoms with Crippen molar-refractivity contribution in [3.05, 3.63) is 47.5 Å². The molecule has 2 saturated heterocycles. The number of rotatable bonds is 1. The van der Waals surface area contributed by atoms with Crippen LogP contribution in [-0.2, 0) is 9.59 Å². The lowest BCUT2D eigenvalue weighted by Crippen LogP contribution is -2.53. The molecular formula is C15H14N2O3. The van der Waals surface area contributed by atoms with Crippen molar-refractivity contribution in [1.82, 2.24) is 10.2 Å². The van der Waals surface area contributed by atoms with Crippen LogP contribution in [-0.4, -0.2) is 40.1 Å². The average Bonchev–Trinajstić information content (AvgIpc) is 2.84. The molecule has 0 radical (unpaired) electrons. The average molecular weight is 270 g/mol. The van der Waals surface area contributed by atoms with Gasteiger partial charge in [-0.2, -0.15) is 0 Å². The van der Waals surface area contributed by atoms with Crippen molar-refractivity contribution < 1.29 is 14.7 Å². The highest BCUT2D eigenvalue weighted by molar-refractivity contribution is 6.04. The van der Waals surface area contributed by atoms with Crippen molar-refractivity contribution in [1.29, 1.82) is 0 Å². The van der Waals surface area contributed by atoms with Crippen molar-refractivity contribution in [2.24, 2.45) is 0 Å². The van der Waals surface area contributed by atoms with E-state index in [1.54, 1.807) is 6.08 Å². The summed E-state index contributed by atoms with van der Waals surface area (Å²) in [7, 11) is 0. The lowest BCUT2D eigenvalue weighted by Gasteiger charge is -2.35. The van der Waals surface area contributed by atoms with Gasteiger partial charge in [-0.25, -0.2) is 0 Å². The molecule has 0 bridgehead atoms. The maximum Gasteiger partial charge on any atom is 0.252 e. The molecule has 3 atom stereocenters. The number of carbonyl (C=O) groups excluding carboxylic acids is 2. The molecule has 20 heavy (non-hydrogen) atoms. The molecule has 0 aliphatic carbocycles. The van der Waals surface area contributed by atoms with E-state index in [1.165, 1.54) is 4.90 Å². The SMILES string of the molecule is O=C1N[C@@H]2[C@@H](c3ccccc3)C(=O)N3CCC=C1[C@]23O. The number of benzene rings is 1. The van der Waals surface area contributed by atoms with E-state index in [9.17, 15) is 14.7 Å². The molecule has 5 nitrogen and oxygen atoms in total. The Bertz CT molecular complexity index is 640. The van der Waals surface area contributed by atoms with E-state index < -0.39 is 17.7 Å². The first-order chi connectivity index (χ1) is 9.64. The smallest absolute Gasteiger partial charge is 0.252 e. The lowest BCUT2D eigenvalue weighted by atomic mass is 9.88. The zero-order valence-corrected chi connectivity index (χ0v) is 10.7. The highest BCUT2D eigenvalue weighted by atomic mass is 16.3. The summed E-state index contributed by atoms with van der Waals surface area (Å²) in [5, 5.41) is 13.7. The third-order valence-corrected chi connectivity index (χ3v) is 4.50. The minimum Gasteiger partial charge on any atom is -0.365 e. The molecule has 5 heteroatoms. The summed E-state index contributed by atoms with van der Waals surface area (Å²) >= 11 is 0. The van der Waals surface area contributed by atoms with Gasteiger partial charge >= 0.3 is 0 Å². The molecule has 102 valence electrons. The van der Waals surface area contributed by atoms with E-state index in [4.69, 9.17) is 0 Å². The summed E-state index contributed by atoms with van der Waals surface area (Å²) in [4.78, 5) is 26.1. The largest absolute Gasteiger partial charge is 0.365 e. The first kappa shape index (κ1) is 11.7. The molecule has 0 aromatic heterocycles. The van der Waals surface area contributed by atoms with Crippen LogP contribution in [0.5, 0.6) is 0 Å². The Kier molecular flexibility index (Phi) is 2.16. The number of nitrogens with one attached hydrogen (secondary N) is 1. The molecule has 1 aromatic rings. The van der Waals surface area contributed by atoms with Gasteiger partial charge in [-0.15, -0.1) is 0 Å². The predicted molar refractivity (Wildman–Crippen MR) is 70.5 cm³/mol. The van der Waals surface area contributed by atoms with Gasteiger partial charge < -0.3 is 15.3 Å². The Labute approximate surface area is 115 Å². The number of amides is 2. The van der Waals surface area contributed by atoms with Crippen LogP contribution in [0.2, 0.25) is 0 Å². The second-order valence-corrected chi connectivity index (χ2v) is 5.46. The Morgan fingerprint density at radius 1 is 1.25 bits per heavy atom. The molecule has 2 amide bonds. The van der Waals surface area contributed by atoms with E-state index >= 15 is 0 Å². The zero-order valence-electron chi connectivity index (χ0n) is 10.7. The third-order valence-electron chi connectivity index (χ3n) is 4.50. The van der Waals surface area contributed by atoms with Crippen LogP contribution >= 0.6 is 0 Å². The summed E-state index contributed by atoms with van der Waals surface area (Å²) < 4.78 is 0. The van der Waals surface area contributed by atoms with Gasteiger partial charge in [0.05, 0.1) is 17.5 Å². The second-order valence-electron chi connectivity index (χ2n) is 5.46. The van der Waals surface area contributed by atoms with Crippen molar-refractivity contribution in [2.45, 2.75) is 24.1 Å². The lowest BCUT2D eigenvalue weighted by molar-refractivity contribution is -0.141. The topological polar surface area (TPSA) is 69.6 Å². The maximum atomic E-state index is 12.6. The van der Waals surface area contributed by atoms with Crippen LogP contribution in [0.1, 0.15) is 17.9 Å². The van der Waals surface area contributed by atoms with Gasteiger partial charge in [-0.3, -0.25) is 9.59 Å². The molecule has 1 aromatic carbocycles. The number of hydrogen-bond donors (Lipinski definition) is 2. The normalized spacial score (nSPS) is 34.9. The fourth-order valence-electron chi connectivity index (χ4n) is 3.62. The van der Waals surface area contributed by atoms with Gasteiger partial charge in [-0.1, -0.05) is 36.4 Å². The van der Waals surface area contributed by atoms with Gasteiger partial charge in [0.1, 0.15) is 0 Å². The van der Waals surface area contributed by atoms with Gasteiger partial charge in [0.15, 0.2) is 5.72 Å². The van der Waals surface area contributed by atoms with Crippen LogP contribution in [0.25, 0.3) is 0 Å². The van der Waals surface area contributed by atoms with Crippen LogP contribution in [0, 0.1) is 0 Å². The minimum atomic E-state index is -1.48. The van der Waals surface area contributed by atoms with Gasteiger partial charge in [0.2, 0.25) is 5.91 Å². The molecule has 2 N–H and O–H groups in total. The van der Waals surface area contributed by atoms with Gasteiger partial charge in [-0.05, 0) is 12.0 Å². The fourth-order valence-corrected chi connectivity index (χ4v) is 3.62. The van der Waals surface area contributed by atoms with Gasteiger partial charge in [0.25, 0.3) is 5.91 Å². The van der Waals surface area contributed by atoms with Crippen molar-refractivity contribution in [2.75, 3.05) is 6.54 Å². The molecular weight excluding hydrogens is 256 g/mol. The second kappa shape index (κ2) is 3.70. The van der Waals surface area contributed by atoms with Gasteiger partial charge in [0, 0.05) is 6.54 Å². The summed E-state index contributed by atoms with van der Waals surface area (Å²) in [5.41, 5.74) is -0.333. The van der Waals surface area contributed by atoms with Crippen molar-refractivity contribution in [3.63, 3.8) is 0 Å². The molecule has 0 unspecified atom stereocenters. The number of aliphatic hydroxyl groups is 1. The quantitative estimate of drug-likeness (QED) is 0.762. The monoisotopic (exact) mass is 270 g/mol. The Hall–Kier alpha value is -2.14. The summed E-state index contributed by atoms with van der Waals surface area (Å²) in [6.45, 7) is 0.452. The molecule has 0 saturated carbocycles. The molecule has 3 aliphatic rings. The van der Waals surface area contributed by atoms with E-state index in [-0.39, 0.29) is 11.8 Å². The summed E-state index contributed by atoms with van der Waals surface area (Å²) in [6.07, 6.45) is 2.34. The highest BCUT2D eigenvalue weighted by Crippen LogP contribution is 2.47. The van der Waals surface area contributed by atoms with Crippen LogP contribution in [0.4, 0.5) is 0 Å². The van der Waals surface area contributed by atoms with E-state index in [1.807, 2.05) is 30.3 Å². The molecule has 0 spiro atoms. The van der Waals surface area contributed by atoms with E-state index in [0.29, 0.717) is 18.5 Å². The number of hydrogen-bond acceptors (Lipinski definition) is 3. The van der Waals surface area contributed by atoms with E-state index in [0.717, 1.165) is 5.56 Å². The number of carbonyl (C=O) groups is 2. The first-order valence-corrected chi connectivity index (χ1v) is 6.74. The van der Waals surface area contributed by atoms with E-state index in [2.05, 4.69) is 5.32 Å². The Balaban J connectivity index is 1.88. The Morgan fingerprint density at radius 3 is 2.75 bits per heavy atom. The van der Waals surface area contributed by atoms with Crippen LogP contribution < -0.4 is 5.32 Å². The Morgan fingerprint density at radius 2 is 2.00 bits per heavy atom. The standard InChI is InChI=1S/C15H14N2O3/c18-13-10-7-4-8-17-14(19)11(9-5-2-1-3-6-9)12(16-13)15(10,17)20/h1-3,5-7,11-12,20H,4,8H2,(H,16,18)/t11-,12-,15+/m1/s1. The zero-order chi connectivity index (χ0) is 13.9. The molecule has 3 aliphatic heterocycles. The maximum absolute atomic E-state index is 12.6. The fraction of sp³-hybridized carbons (Fsp3) is 0.333. The predicted octanol–water partition coefficient (Wildman–Crippen LogP) is 0.129. The van der Waals surface area contributed by atoms with Crippen LogP contribution in [0.3, 0.4) is 0 Å². The third kappa shape index (κ3) is 1.21. The molecule has 4 rings (SSSR count). The van der Waals surface area contributed by atoms with Crippen molar-refractivity contribution >= 4 is 11.8 Å². The summed E-state index contributed by atoms with van der Waals surface area (Å²) in [5.74, 6) is -0.904. The number of nitrogens with zero attached hydrogens (tertiary/aromatic N) is 1.